The molecule has 0 saturated heterocycles. The van der Waals surface area contributed by atoms with E-state index in [2.05, 4.69) is 37.6 Å². The topological polar surface area (TPSA) is 82.7 Å². The van der Waals surface area contributed by atoms with Crippen LogP contribution in [0.25, 0.3) is 11.4 Å². The quantitative estimate of drug-likeness (QED) is 0.630. The summed E-state index contributed by atoms with van der Waals surface area (Å²) in [4.78, 5) is 16.4. The molecule has 1 heterocycles. The van der Waals surface area contributed by atoms with Gasteiger partial charge in [0, 0.05) is 23.0 Å². The predicted molar refractivity (Wildman–Crippen MR) is 108 cm³/mol. The average Bonchev–Trinajstić information content (AvgIpc) is 3.09. The van der Waals surface area contributed by atoms with E-state index in [0.29, 0.717) is 12.4 Å². The number of nitrogens with zero attached hydrogens (tertiary/aromatic N) is 2. The third-order valence-corrected chi connectivity index (χ3v) is 5.96. The van der Waals surface area contributed by atoms with E-state index in [9.17, 15) is 4.79 Å². The van der Waals surface area contributed by atoms with Crippen molar-refractivity contribution in [1.82, 2.24) is 20.5 Å². The summed E-state index contributed by atoms with van der Waals surface area (Å²) in [6.07, 6.45) is 7.88. The molecule has 0 radical (unpaired) electrons. The van der Waals surface area contributed by atoms with Gasteiger partial charge in [0.1, 0.15) is 5.82 Å². The SMILES string of the molecule is Cc1nc(-c2cccc(NC(=O)NCCCSC3CCCCC3)c2)n[nH]1. The van der Waals surface area contributed by atoms with Crippen molar-refractivity contribution in [1.29, 1.82) is 0 Å². The van der Waals surface area contributed by atoms with E-state index in [1.165, 1.54) is 32.1 Å². The number of aromatic nitrogens is 3. The van der Waals surface area contributed by atoms with E-state index in [0.717, 1.165) is 34.5 Å². The van der Waals surface area contributed by atoms with Crippen LogP contribution in [0.2, 0.25) is 0 Å². The number of aromatic amines is 1. The Kier molecular flexibility index (Phi) is 6.94. The highest BCUT2D eigenvalue weighted by Crippen LogP contribution is 2.28. The molecule has 26 heavy (non-hydrogen) atoms. The van der Waals surface area contributed by atoms with Crippen molar-refractivity contribution in [3.63, 3.8) is 0 Å². The summed E-state index contributed by atoms with van der Waals surface area (Å²) >= 11 is 2.07. The first kappa shape index (κ1) is 18.8. The maximum atomic E-state index is 12.1. The molecule has 0 spiro atoms. The number of H-pyrrole nitrogens is 1. The monoisotopic (exact) mass is 373 g/mol. The number of urea groups is 1. The first-order valence-corrected chi connectivity index (χ1v) is 10.4. The Labute approximate surface area is 158 Å². The number of anilines is 1. The second-order valence-electron chi connectivity index (χ2n) is 6.69. The highest BCUT2D eigenvalue weighted by molar-refractivity contribution is 7.99. The lowest BCUT2D eigenvalue weighted by molar-refractivity contribution is 0.252. The van der Waals surface area contributed by atoms with E-state index >= 15 is 0 Å². The molecular weight excluding hydrogens is 346 g/mol. The van der Waals surface area contributed by atoms with E-state index < -0.39 is 0 Å². The zero-order chi connectivity index (χ0) is 18.2. The minimum atomic E-state index is -0.170. The van der Waals surface area contributed by atoms with Gasteiger partial charge < -0.3 is 10.6 Å². The summed E-state index contributed by atoms with van der Waals surface area (Å²) in [5, 5.41) is 13.6. The lowest BCUT2D eigenvalue weighted by Crippen LogP contribution is -2.29. The summed E-state index contributed by atoms with van der Waals surface area (Å²) < 4.78 is 0. The Bertz CT molecular complexity index is 711. The number of carbonyl (C=O) groups excluding carboxylic acids is 1. The number of thioether (sulfide) groups is 1. The smallest absolute Gasteiger partial charge is 0.319 e. The number of hydrogen-bond donors (Lipinski definition) is 3. The third-order valence-electron chi connectivity index (χ3n) is 4.49. The molecule has 1 aromatic heterocycles. The van der Waals surface area contributed by atoms with Gasteiger partial charge in [0.2, 0.25) is 0 Å². The van der Waals surface area contributed by atoms with Gasteiger partial charge in [0.15, 0.2) is 5.82 Å². The van der Waals surface area contributed by atoms with Crippen LogP contribution in [0.5, 0.6) is 0 Å². The molecule has 1 saturated carbocycles. The molecule has 1 fully saturated rings. The Balaban J connectivity index is 1.38. The van der Waals surface area contributed by atoms with Gasteiger partial charge in [-0.15, -0.1) is 0 Å². The summed E-state index contributed by atoms with van der Waals surface area (Å²) in [6.45, 7) is 2.56. The van der Waals surface area contributed by atoms with Gasteiger partial charge in [-0.25, -0.2) is 9.78 Å². The van der Waals surface area contributed by atoms with Crippen LogP contribution in [0.1, 0.15) is 44.3 Å². The number of rotatable bonds is 7. The number of carbonyl (C=O) groups is 1. The van der Waals surface area contributed by atoms with Crippen LogP contribution in [-0.2, 0) is 0 Å². The molecule has 140 valence electrons. The zero-order valence-electron chi connectivity index (χ0n) is 15.3. The molecule has 2 aromatic rings. The number of hydrogen-bond acceptors (Lipinski definition) is 4. The van der Waals surface area contributed by atoms with Crippen LogP contribution in [0.15, 0.2) is 24.3 Å². The Hall–Kier alpha value is -2.02. The van der Waals surface area contributed by atoms with Crippen molar-refractivity contribution in [2.75, 3.05) is 17.6 Å². The second-order valence-corrected chi connectivity index (χ2v) is 8.10. The van der Waals surface area contributed by atoms with Gasteiger partial charge in [0.25, 0.3) is 0 Å². The van der Waals surface area contributed by atoms with Crippen LogP contribution in [0, 0.1) is 6.92 Å². The largest absolute Gasteiger partial charge is 0.338 e. The fourth-order valence-electron chi connectivity index (χ4n) is 3.14. The standard InChI is InChI=1S/C19H27N5OS/c1-14-21-18(24-23-14)15-7-5-8-16(13-15)22-19(25)20-11-6-12-26-17-9-3-2-4-10-17/h5,7-8,13,17H,2-4,6,9-12H2,1H3,(H2,20,22,25)(H,21,23,24). The number of aryl methyl sites for hydroxylation is 1. The highest BCUT2D eigenvalue weighted by Gasteiger charge is 2.13. The molecule has 0 unspecified atom stereocenters. The van der Waals surface area contributed by atoms with Crippen molar-refractivity contribution in [2.45, 2.75) is 50.7 Å². The Morgan fingerprint density at radius 3 is 2.92 bits per heavy atom. The minimum Gasteiger partial charge on any atom is -0.338 e. The summed E-state index contributed by atoms with van der Waals surface area (Å²) in [5.74, 6) is 2.51. The second kappa shape index (κ2) is 9.62. The molecule has 1 aromatic carbocycles. The van der Waals surface area contributed by atoms with Crippen LogP contribution < -0.4 is 10.6 Å². The van der Waals surface area contributed by atoms with E-state index in [1.54, 1.807) is 0 Å². The van der Waals surface area contributed by atoms with Gasteiger partial charge in [0.05, 0.1) is 0 Å². The lowest BCUT2D eigenvalue weighted by Gasteiger charge is -2.20. The minimum absolute atomic E-state index is 0.170. The molecule has 0 bridgehead atoms. The molecule has 3 rings (SSSR count). The summed E-state index contributed by atoms with van der Waals surface area (Å²) in [6, 6.07) is 7.38. The summed E-state index contributed by atoms with van der Waals surface area (Å²) in [5.41, 5.74) is 1.61. The number of amides is 2. The Morgan fingerprint density at radius 1 is 1.31 bits per heavy atom. The van der Waals surface area contributed by atoms with E-state index in [-0.39, 0.29) is 6.03 Å². The van der Waals surface area contributed by atoms with E-state index in [4.69, 9.17) is 0 Å². The molecule has 1 aliphatic rings. The van der Waals surface area contributed by atoms with Gasteiger partial charge in [-0.3, -0.25) is 5.10 Å². The molecule has 3 N–H and O–H groups in total. The Morgan fingerprint density at radius 2 is 2.15 bits per heavy atom. The van der Waals surface area contributed by atoms with Crippen LogP contribution in [0.4, 0.5) is 10.5 Å². The maximum absolute atomic E-state index is 12.1. The predicted octanol–water partition coefficient (Wildman–Crippen LogP) is 4.36. The highest BCUT2D eigenvalue weighted by atomic mass is 32.2. The maximum Gasteiger partial charge on any atom is 0.319 e. The lowest BCUT2D eigenvalue weighted by atomic mass is 10.0. The van der Waals surface area contributed by atoms with Crippen LogP contribution in [-0.4, -0.2) is 38.8 Å². The normalized spacial score (nSPS) is 15.0. The molecule has 7 heteroatoms. The van der Waals surface area contributed by atoms with Crippen LogP contribution >= 0.6 is 11.8 Å². The molecule has 1 aliphatic carbocycles. The van der Waals surface area contributed by atoms with Crippen molar-refractivity contribution >= 4 is 23.5 Å². The fourth-order valence-corrected chi connectivity index (χ4v) is 4.45. The molecule has 6 nitrogen and oxygen atoms in total. The van der Waals surface area contributed by atoms with Crippen LogP contribution in [0.3, 0.4) is 0 Å². The first-order chi connectivity index (χ1) is 12.7. The van der Waals surface area contributed by atoms with Gasteiger partial charge in [-0.05, 0) is 44.1 Å². The van der Waals surface area contributed by atoms with Crippen molar-refractivity contribution in [2.24, 2.45) is 0 Å². The van der Waals surface area contributed by atoms with Crippen molar-refractivity contribution in [3.05, 3.63) is 30.1 Å². The third kappa shape index (κ3) is 5.76. The van der Waals surface area contributed by atoms with E-state index in [1.807, 2.05) is 31.2 Å². The summed E-state index contributed by atoms with van der Waals surface area (Å²) in [7, 11) is 0. The van der Waals surface area contributed by atoms with Crippen molar-refractivity contribution in [3.8, 4) is 11.4 Å². The molecular formula is C19H27N5OS. The number of nitrogens with one attached hydrogen (secondary N) is 3. The van der Waals surface area contributed by atoms with Gasteiger partial charge >= 0.3 is 6.03 Å². The zero-order valence-corrected chi connectivity index (χ0v) is 16.1. The molecule has 0 atom stereocenters. The van der Waals surface area contributed by atoms with Gasteiger partial charge in [-0.2, -0.15) is 16.9 Å². The first-order valence-electron chi connectivity index (χ1n) is 9.36. The average molecular weight is 374 g/mol. The fraction of sp³-hybridized carbons (Fsp3) is 0.526. The van der Waals surface area contributed by atoms with Crippen molar-refractivity contribution < 1.29 is 4.79 Å². The van der Waals surface area contributed by atoms with Gasteiger partial charge in [-0.1, -0.05) is 31.4 Å². The number of benzene rings is 1. The molecule has 2 amide bonds. The molecule has 0 aliphatic heterocycles.